The van der Waals surface area contributed by atoms with Crippen molar-refractivity contribution in [2.24, 2.45) is 0 Å². The topological polar surface area (TPSA) is 58.2 Å². The van der Waals surface area contributed by atoms with Crippen LogP contribution in [0.5, 0.6) is 0 Å². The SMILES string of the molecule is CC(Cc1ccc(F)cc1)NC(=O)NC(=O)C(C)Cl. The number of carbonyl (C=O) groups is 2. The van der Waals surface area contributed by atoms with Crippen LogP contribution >= 0.6 is 11.6 Å². The Morgan fingerprint density at radius 3 is 2.37 bits per heavy atom. The molecule has 0 aliphatic carbocycles. The first-order chi connectivity index (χ1) is 8.88. The highest BCUT2D eigenvalue weighted by molar-refractivity contribution is 6.31. The van der Waals surface area contributed by atoms with Crippen molar-refractivity contribution < 1.29 is 14.0 Å². The van der Waals surface area contributed by atoms with Crippen LogP contribution in [0.3, 0.4) is 0 Å². The number of alkyl halides is 1. The van der Waals surface area contributed by atoms with E-state index in [-0.39, 0.29) is 11.9 Å². The summed E-state index contributed by atoms with van der Waals surface area (Å²) >= 11 is 5.53. The molecule has 0 saturated carbocycles. The third kappa shape index (κ3) is 5.70. The van der Waals surface area contributed by atoms with Gasteiger partial charge in [-0.1, -0.05) is 12.1 Å². The fraction of sp³-hybridized carbons (Fsp3) is 0.385. The minimum Gasteiger partial charge on any atom is -0.335 e. The monoisotopic (exact) mass is 286 g/mol. The molecule has 2 unspecified atom stereocenters. The average molecular weight is 287 g/mol. The van der Waals surface area contributed by atoms with Crippen LogP contribution in [0, 0.1) is 5.82 Å². The first kappa shape index (κ1) is 15.4. The van der Waals surface area contributed by atoms with Crippen LogP contribution in [0.15, 0.2) is 24.3 Å². The Balaban J connectivity index is 2.42. The number of imide groups is 1. The second-order valence-electron chi connectivity index (χ2n) is 4.31. The zero-order valence-electron chi connectivity index (χ0n) is 10.7. The van der Waals surface area contributed by atoms with Crippen LogP contribution in [0.2, 0.25) is 0 Å². The molecule has 0 fully saturated rings. The number of nitrogens with one attached hydrogen (secondary N) is 2. The van der Waals surface area contributed by atoms with E-state index in [9.17, 15) is 14.0 Å². The summed E-state index contributed by atoms with van der Waals surface area (Å²) in [5.41, 5.74) is 0.895. The molecule has 0 saturated heterocycles. The fourth-order valence-electron chi connectivity index (χ4n) is 1.50. The Morgan fingerprint density at radius 1 is 1.26 bits per heavy atom. The Hall–Kier alpha value is -1.62. The second-order valence-corrected chi connectivity index (χ2v) is 4.97. The van der Waals surface area contributed by atoms with Gasteiger partial charge in [0.25, 0.3) is 0 Å². The molecule has 0 spiro atoms. The molecule has 104 valence electrons. The predicted molar refractivity (Wildman–Crippen MR) is 71.6 cm³/mol. The van der Waals surface area contributed by atoms with Gasteiger partial charge in [0.2, 0.25) is 5.91 Å². The largest absolute Gasteiger partial charge is 0.335 e. The minimum atomic E-state index is -0.766. The van der Waals surface area contributed by atoms with Gasteiger partial charge < -0.3 is 5.32 Å². The van der Waals surface area contributed by atoms with E-state index in [0.717, 1.165) is 5.56 Å². The number of hydrogen-bond donors (Lipinski definition) is 2. The number of rotatable bonds is 4. The van der Waals surface area contributed by atoms with E-state index in [0.29, 0.717) is 6.42 Å². The number of carbonyl (C=O) groups excluding carboxylic acids is 2. The maximum atomic E-state index is 12.7. The lowest BCUT2D eigenvalue weighted by Gasteiger charge is -2.14. The molecule has 1 rings (SSSR count). The molecule has 19 heavy (non-hydrogen) atoms. The van der Waals surface area contributed by atoms with Crippen molar-refractivity contribution in [2.75, 3.05) is 0 Å². The van der Waals surface area contributed by atoms with Crippen molar-refractivity contribution in [3.63, 3.8) is 0 Å². The lowest BCUT2D eigenvalue weighted by molar-refractivity contribution is -0.119. The second kappa shape index (κ2) is 7.09. The first-order valence-electron chi connectivity index (χ1n) is 5.88. The lowest BCUT2D eigenvalue weighted by Crippen LogP contribution is -2.46. The Bertz CT molecular complexity index is 448. The highest BCUT2D eigenvalue weighted by atomic mass is 35.5. The number of hydrogen-bond acceptors (Lipinski definition) is 2. The number of benzene rings is 1. The third-order valence-electron chi connectivity index (χ3n) is 2.43. The van der Waals surface area contributed by atoms with Gasteiger partial charge in [-0.3, -0.25) is 10.1 Å². The van der Waals surface area contributed by atoms with Gasteiger partial charge in [-0.05, 0) is 38.0 Å². The summed E-state index contributed by atoms with van der Waals surface area (Å²) < 4.78 is 12.7. The van der Waals surface area contributed by atoms with Crippen LogP contribution in [0.1, 0.15) is 19.4 Å². The summed E-state index contributed by atoms with van der Waals surface area (Å²) in [5, 5.41) is 3.96. The fourth-order valence-corrected chi connectivity index (χ4v) is 1.55. The van der Waals surface area contributed by atoms with Crippen LogP contribution < -0.4 is 10.6 Å². The van der Waals surface area contributed by atoms with Crippen molar-refractivity contribution >= 4 is 23.5 Å². The van der Waals surface area contributed by atoms with Gasteiger partial charge in [0, 0.05) is 6.04 Å². The molecular formula is C13H16ClFN2O2. The molecule has 0 radical (unpaired) electrons. The van der Waals surface area contributed by atoms with Gasteiger partial charge in [0.15, 0.2) is 0 Å². The standard InChI is InChI=1S/C13H16ClFN2O2/c1-8(7-10-3-5-11(15)6-4-10)16-13(19)17-12(18)9(2)14/h3-6,8-9H,7H2,1-2H3,(H2,16,17,18,19). The minimum absolute atomic E-state index is 0.191. The quantitative estimate of drug-likeness (QED) is 0.834. The molecule has 0 aromatic heterocycles. The smallest absolute Gasteiger partial charge is 0.321 e. The predicted octanol–water partition coefficient (Wildman–Crippen LogP) is 2.21. The molecule has 3 amide bonds. The molecule has 0 heterocycles. The van der Waals surface area contributed by atoms with E-state index in [2.05, 4.69) is 10.6 Å². The van der Waals surface area contributed by atoms with E-state index in [1.165, 1.54) is 19.1 Å². The summed E-state index contributed by atoms with van der Waals surface area (Å²) in [6, 6.07) is 5.24. The van der Waals surface area contributed by atoms with E-state index >= 15 is 0 Å². The molecular weight excluding hydrogens is 271 g/mol. The average Bonchev–Trinajstić information content (AvgIpc) is 2.31. The maximum Gasteiger partial charge on any atom is 0.321 e. The van der Waals surface area contributed by atoms with E-state index in [1.54, 1.807) is 19.1 Å². The highest BCUT2D eigenvalue weighted by Crippen LogP contribution is 2.05. The maximum absolute atomic E-state index is 12.7. The van der Waals surface area contributed by atoms with Crippen molar-refractivity contribution in [2.45, 2.75) is 31.7 Å². The molecule has 2 N–H and O–H groups in total. The lowest BCUT2D eigenvalue weighted by atomic mass is 10.1. The zero-order valence-corrected chi connectivity index (χ0v) is 11.5. The summed E-state index contributed by atoms with van der Waals surface area (Å²) in [6.45, 7) is 3.27. The molecule has 1 aromatic carbocycles. The number of amides is 3. The summed E-state index contributed by atoms with van der Waals surface area (Å²) in [5.74, 6) is -0.850. The van der Waals surface area contributed by atoms with Gasteiger partial charge in [0.05, 0.1) is 0 Å². The van der Waals surface area contributed by atoms with Gasteiger partial charge in [-0.15, -0.1) is 11.6 Å². The highest BCUT2D eigenvalue weighted by Gasteiger charge is 2.14. The first-order valence-corrected chi connectivity index (χ1v) is 6.32. The number of urea groups is 1. The number of halogens is 2. The van der Waals surface area contributed by atoms with E-state index in [1.807, 2.05) is 0 Å². The van der Waals surface area contributed by atoms with Crippen molar-refractivity contribution in [1.29, 1.82) is 0 Å². The molecule has 0 aliphatic rings. The Morgan fingerprint density at radius 2 is 1.84 bits per heavy atom. The third-order valence-corrected chi connectivity index (χ3v) is 2.63. The zero-order chi connectivity index (χ0) is 14.4. The van der Waals surface area contributed by atoms with Gasteiger partial charge >= 0.3 is 6.03 Å². The normalized spacial score (nSPS) is 13.5. The van der Waals surface area contributed by atoms with E-state index < -0.39 is 17.3 Å². The molecule has 0 aliphatic heterocycles. The molecule has 4 nitrogen and oxygen atoms in total. The Labute approximate surface area is 116 Å². The van der Waals surface area contributed by atoms with E-state index in [4.69, 9.17) is 11.6 Å². The van der Waals surface area contributed by atoms with Crippen LogP contribution in [0.4, 0.5) is 9.18 Å². The molecule has 6 heteroatoms. The summed E-state index contributed by atoms with van der Waals surface area (Å²) in [6.07, 6.45) is 0.540. The molecule has 2 atom stereocenters. The molecule has 1 aromatic rings. The van der Waals surface area contributed by atoms with Gasteiger partial charge in [0.1, 0.15) is 11.2 Å². The van der Waals surface area contributed by atoms with Crippen LogP contribution in [-0.2, 0) is 11.2 Å². The summed E-state index contributed by atoms with van der Waals surface area (Å²) in [7, 11) is 0. The van der Waals surface area contributed by atoms with Crippen molar-refractivity contribution in [1.82, 2.24) is 10.6 Å². The van der Waals surface area contributed by atoms with Crippen molar-refractivity contribution in [3.05, 3.63) is 35.6 Å². The Kier molecular flexibility index (Phi) is 5.76. The molecule has 0 bridgehead atoms. The van der Waals surface area contributed by atoms with Gasteiger partial charge in [-0.25, -0.2) is 9.18 Å². The summed E-state index contributed by atoms with van der Waals surface area (Å²) in [4.78, 5) is 22.6. The van der Waals surface area contributed by atoms with Crippen LogP contribution in [-0.4, -0.2) is 23.4 Å². The van der Waals surface area contributed by atoms with Crippen LogP contribution in [0.25, 0.3) is 0 Å². The van der Waals surface area contributed by atoms with Crippen molar-refractivity contribution in [3.8, 4) is 0 Å². The van der Waals surface area contributed by atoms with Gasteiger partial charge in [-0.2, -0.15) is 0 Å².